The minimum atomic E-state index is -1.08. The van der Waals surface area contributed by atoms with Crippen LogP contribution in [-0.2, 0) is 4.79 Å². The van der Waals surface area contributed by atoms with Crippen molar-refractivity contribution in [1.29, 1.82) is 5.26 Å². The molecule has 5 heteroatoms. The summed E-state index contributed by atoms with van der Waals surface area (Å²) in [7, 11) is 1.49. The maximum atomic E-state index is 11.7. The predicted octanol–water partition coefficient (Wildman–Crippen LogP) is 2.84. The zero-order chi connectivity index (χ0) is 13.1. The van der Waals surface area contributed by atoms with Gasteiger partial charge in [0.1, 0.15) is 11.2 Å². The van der Waals surface area contributed by atoms with Crippen molar-refractivity contribution in [3.8, 4) is 11.8 Å². The van der Waals surface area contributed by atoms with Crippen LogP contribution in [0.5, 0.6) is 5.75 Å². The number of rotatable bonds is 3. The third-order valence-corrected chi connectivity index (χ3v) is 2.57. The molecule has 4 nitrogen and oxygen atoms in total. The molecule has 0 unspecified atom stereocenters. The molecular weight excluding hydrogens is 240 g/mol. The SMILES string of the molecule is COc1cc(NC(=O)C(C)(C)C#N)ccc1Cl. The highest BCUT2D eigenvalue weighted by Crippen LogP contribution is 2.28. The van der Waals surface area contributed by atoms with Crippen LogP contribution in [0.3, 0.4) is 0 Å². The fraction of sp³-hybridized carbons (Fsp3) is 0.333. The van der Waals surface area contributed by atoms with E-state index in [1.807, 2.05) is 6.07 Å². The fourth-order valence-corrected chi connectivity index (χ4v) is 1.27. The van der Waals surface area contributed by atoms with Crippen molar-refractivity contribution >= 4 is 23.2 Å². The fourth-order valence-electron chi connectivity index (χ4n) is 1.08. The van der Waals surface area contributed by atoms with E-state index in [1.165, 1.54) is 7.11 Å². The lowest BCUT2D eigenvalue weighted by atomic mass is 9.94. The maximum absolute atomic E-state index is 11.7. The molecule has 0 saturated carbocycles. The van der Waals surface area contributed by atoms with Crippen molar-refractivity contribution in [3.05, 3.63) is 23.2 Å². The van der Waals surface area contributed by atoms with Gasteiger partial charge in [-0.25, -0.2) is 0 Å². The Kier molecular flexibility index (Phi) is 3.97. The van der Waals surface area contributed by atoms with E-state index in [1.54, 1.807) is 32.0 Å². The lowest BCUT2D eigenvalue weighted by Crippen LogP contribution is -2.29. The van der Waals surface area contributed by atoms with Gasteiger partial charge in [-0.1, -0.05) is 11.6 Å². The first-order valence-corrected chi connectivity index (χ1v) is 5.35. The molecule has 0 radical (unpaired) electrons. The number of anilines is 1. The van der Waals surface area contributed by atoms with Gasteiger partial charge in [0.2, 0.25) is 5.91 Å². The Morgan fingerprint density at radius 1 is 1.53 bits per heavy atom. The number of carbonyl (C=O) groups excluding carboxylic acids is 1. The van der Waals surface area contributed by atoms with E-state index in [9.17, 15) is 4.79 Å². The number of nitriles is 1. The van der Waals surface area contributed by atoms with Gasteiger partial charge >= 0.3 is 0 Å². The van der Waals surface area contributed by atoms with Crippen LogP contribution in [0.15, 0.2) is 18.2 Å². The summed E-state index contributed by atoms with van der Waals surface area (Å²) in [5, 5.41) is 11.9. The van der Waals surface area contributed by atoms with Crippen LogP contribution in [0.1, 0.15) is 13.8 Å². The third-order valence-electron chi connectivity index (χ3n) is 2.26. The lowest BCUT2D eigenvalue weighted by Gasteiger charge is -2.15. The number of nitrogens with one attached hydrogen (secondary N) is 1. The second-order valence-electron chi connectivity index (χ2n) is 4.04. The van der Waals surface area contributed by atoms with Gasteiger partial charge in [-0.2, -0.15) is 5.26 Å². The zero-order valence-electron chi connectivity index (χ0n) is 9.87. The van der Waals surface area contributed by atoms with E-state index in [0.717, 1.165) is 0 Å². The number of halogens is 1. The number of benzene rings is 1. The van der Waals surface area contributed by atoms with E-state index >= 15 is 0 Å². The van der Waals surface area contributed by atoms with Crippen LogP contribution in [0.4, 0.5) is 5.69 Å². The highest BCUT2D eigenvalue weighted by Gasteiger charge is 2.27. The normalized spacial score (nSPS) is 10.5. The highest BCUT2D eigenvalue weighted by atomic mass is 35.5. The van der Waals surface area contributed by atoms with Gasteiger partial charge < -0.3 is 10.1 Å². The van der Waals surface area contributed by atoms with Gasteiger partial charge in [0, 0.05) is 11.8 Å². The summed E-state index contributed by atoms with van der Waals surface area (Å²) in [6.45, 7) is 3.10. The number of hydrogen-bond donors (Lipinski definition) is 1. The molecule has 17 heavy (non-hydrogen) atoms. The maximum Gasteiger partial charge on any atom is 0.244 e. The molecule has 0 bridgehead atoms. The molecular formula is C12H13ClN2O2. The summed E-state index contributed by atoms with van der Waals surface area (Å²) < 4.78 is 5.03. The molecule has 0 spiro atoms. The first-order valence-electron chi connectivity index (χ1n) is 4.97. The summed E-state index contributed by atoms with van der Waals surface area (Å²) in [4.78, 5) is 11.7. The Balaban J connectivity index is 2.91. The molecule has 1 rings (SSSR count). The Morgan fingerprint density at radius 3 is 2.71 bits per heavy atom. The Bertz CT molecular complexity index is 478. The van der Waals surface area contributed by atoms with E-state index in [2.05, 4.69) is 5.32 Å². The van der Waals surface area contributed by atoms with Gasteiger partial charge in [-0.15, -0.1) is 0 Å². The van der Waals surface area contributed by atoms with Crippen LogP contribution in [0.25, 0.3) is 0 Å². The molecule has 0 aliphatic rings. The standard InChI is InChI=1S/C12H13ClN2O2/c1-12(2,7-14)11(16)15-8-4-5-9(13)10(6-8)17-3/h4-6H,1-3H3,(H,15,16). The number of nitrogens with zero attached hydrogens (tertiary/aromatic N) is 1. The quantitative estimate of drug-likeness (QED) is 0.900. The van der Waals surface area contributed by atoms with Crippen LogP contribution in [0.2, 0.25) is 5.02 Å². The minimum absolute atomic E-state index is 0.371. The topological polar surface area (TPSA) is 62.1 Å². The lowest BCUT2D eigenvalue weighted by molar-refractivity contribution is -0.121. The summed E-state index contributed by atoms with van der Waals surface area (Å²) >= 11 is 5.86. The average molecular weight is 253 g/mol. The monoisotopic (exact) mass is 252 g/mol. The predicted molar refractivity (Wildman–Crippen MR) is 66.0 cm³/mol. The summed E-state index contributed by atoms with van der Waals surface area (Å²) in [5.41, 5.74) is -0.535. The minimum Gasteiger partial charge on any atom is -0.495 e. The molecule has 0 fully saturated rings. The first kappa shape index (κ1) is 13.3. The molecule has 1 aromatic rings. The molecule has 90 valence electrons. The van der Waals surface area contributed by atoms with Crippen molar-refractivity contribution in [2.45, 2.75) is 13.8 Å². The number of ether oxygens (including phenoxy) is 1. The van der Waals surface area contributed by atoms with Crippen LogP contribution in [0, 0.1) is 16.7 Å². The summed E-state index contributed by atoms with van der Waals surface area (Å²) in [5.74, 6) is 0.101. The highest BCUT2D eigenvalue weighted by molar-refractivity contribution is 6.32. The summed E-state index contributed by atoms with van der Waals surface area (Å²) in [6, 6.07) is 6.81. The molecule has 1 aromatic carbocycles. The Labute approximate surface area is 105 Å². The molecule has 0 aromatic heterocycles. The number of amides is 1. The number of methoxy groups -OCH3 is 1. The molecule has 1 N–H and O–H groups in total. The Hall–Kier alpha value is -1.73. The van der Waals surface area contributed by atoms with E-state index < -0.39 is 5.41 Å². The van der Waals surface area contributed by atoms with Crippen molar-refractivity contribution in [1.82, 2.24) is 0 Å². The van der Waals surface area contributed by atoms with Gasteiger partial charge in [0.25, 0.3) is 0 Å². The van der Waals surface area contributed by atoms with Gasteiger partial charge in [0.15, 0.2) is 0 Å². The summed E-state index contributed by atoms with van der Waals surface area (Å²) in [6.07, 6.45) is 0. The molecule has 1 amide bonds. The van der Waals surface area contributed by atoms with Gasteiger partial charge in [0.05, 0.1) is 18.2 Å². The molecule has 0 heterocycles. The van der Waals surface area contributed by atoms with Crippen molar-refractivity contribution in [3.63, 3.8) is 0 Å². The van der Waals surface area contributed by atoms with Gasteiger partial charge in [-0.05, 0) is 26.0 Å². The first-order chi connectivity index (χ1) is 7.90. The van der Waals surface area contributed by atoms with E-state index in [-0.39, 0.29) is 5.91 Å². The largest absolute Gasteiger partial charge is 0.495 e. The van der Waals surface area contributed by atoms with E-state index in [0.29, 0.717) is 16.5 Å². The van der Waals surface area contributed by atoms with Gasteiger partial charge in [-0.3, -0.25) is 4.79 Å². The van der Waals surface area contributed by atoms with Crippen molar-refractivity contribution < 1.29 is 9.53 Å². The number of carbonyl (C=O) groups is 1. The second kappa shape index (κ2) is 5.07. The van der Waals surface area contributed by atoms with E-state index in [4.69, 9.17) is 21.6 Å². The third kappa shape index (κ3) is 3.11. The Morgan fingerprint density at radius 2 is 2.18 bits per heavy atom. The molecule has 0 atom stereocenters. The molecule has 0 saturated heterocycles. The van der Waals surface area contributed by atoms with Crippen LogP contribution in [-0.4, -0.2) is 13.0 Å². The van der Waals surface area contributed by atoms with Crippen molar-refractivity contribution in [2.24, 2.45) is 5.41 Å². The van der Waals surface area contributed by atoms with Crippen molar-refractivity contribution in [2.75, 3.05) is 12.4 Å². The van der Waals surface area contributed by atoms with Crippen LogP contribution < -0.4 is 10.1 Å². The molecule has 0 aliphatic carbocycles. The second-order valence-corrected chi connectivity index (χ2v) is 4.45. The smallest absolute Gasteiger partial charge is 0.244 e. The number of hydrogen-bond acceptors (Lipinski definition) is 3. The molecule has 0 aliphatic heterocycles. The van der Waals surface area contributed by atoms with Crippen LogP contribution >= 0.6 is 11.6 Å². The zero-order valence-corrected chi connectivity index (χ0v) is 10.6. The average Bonchev–Trinajstić information content (AvgIpc) is 2.31.